The number of tetrazole rings is 1. The molecule has 170 valence electrons. The minimum atomic E-state index is -0.786. The molecule has 0 bridgehead atoms. The number of carbonyl (C=O) groups is 2. The number of benzene rings is 1. The predicted octanol–water partition coefficient (Wildman–Crippen LogP) is 1.80. The average Bonchev–Trinajstić information content (AvgIpc) is 3.41. The molecule has 3 aromatic heterocycles. The van der Waals surface area contributed by atoms with Crippen molar-refractivity contribution in [3.63, 3.8) is 0 Å². The van der Waals surface area contributed by atoms with Crippen LogP contribution in [0.2, 0.25) is 5.02 Å². The lowest BCUT2D eigenvalue weighted by atomic mass is 10.0. The number of nitrogens with zero attached hydrogens (tertiary/aromatic N) is 8. The molecule has 0 atom stereocenters. The Labute approximate surface area is 198 Å². The summed E-state index contributed by atoms with van der Waals surface area (Å²) >= 11 is 6.31. The van der Waals surface area contributed by atoms with Crippen molar-refractivity contribution in [1.29, 1.82) is 5.26 Å². The molecule has 4 aromatic rings. The number of aryl methyl sites for hydroxylation is 2. The number of amides is 2. The zero-order valence-corrected chi connectivity index (χ0v) is 18.8. The third-order valence-electron chi connectivity index (χ3n) is 4.92. The number of hydrogen-bond acceptors (Lipinski definition) is 8. The topological polar surface area (TPSA) is 170 Å². The number of nitrogens with two attached hydrogens (primary N) is 1. The van der Waals surface area contributed by atoms with E-state index in [1.165, 1.54) is 21.6 Å². The van der Waals surface area contributed by atoms with E-state index in [-0.39, 0.29) is 39.9 Å². The number of halogens is 1. The second kappa shape index (κ2) is 9.08. The first kappa shape index (κ1) is 22.6. The molecule has 2 amide bonds. The lowest BCUT2D eigenvalue weighted by molar-refractivity contribution is 0.100. The summed E-state index contributed by atoms with van der Waals surface area (Å²) in [7, 11) is 0. The van der Waals surface area contributed by atoms with Crippen molar-refractivity contribution in [3.05, 3.63) is 75.5 Å². The van der Waals surface area contributed by atoms with Gasteiger partial charge in [0.05, 0.1) is 40.1 Å². The monoisotopic (exact) mass is 476 g/mol. The fraction of sp³-hybridized carbons (Fsp3) is 0.143. The second-order valence-electron chi connectivity index (χ2n) is 7.27. The zero-order valence-electron chi connectivity index (χ0n) is 18.0. The predicted molar refractivity (Wildman–Crippen MR) is 120 cm³/mol. The molecule has 0 fully saturated rings. The minimum absolute atomic E-state index is 0.0105. The molecule has 13 heteroatoms. The molecular formula is C21H17ClN10O2. The summed E-state index contributed by atoms with van der Waals surface area (Å²) < 4.78 is 2.82. The molecule has 34 heavy (non-hydrogen) atoms. The Morgan fingerprint density at radius 2 is 2.06 bits per heavy atom. The van der Waals surface area contributed by atoms with Gasteiger partial charge in [-0.05, 0) is 60.2 Å². The summed E-state index contributed by atoms with van der Waals surface area (Å²) in [6.45, 7) is 3.58. The van der Waals surface area contributed by atoms with Crippen LogP contribution in [-0.2, 0) is 6.54 Å². The van der Waals surface area contributed by atoms with Gasteiger partial charge in [0, 0.05) is 6.20 Å². The quantitative estimate of drug-likeness (QED) is 0.424. The van der Waals surface area contributed by atoms with E-state index in [1.807, 2.05) is 6.07 Å². The lowest BCUT2D eigenvalue weighted by Crippen LogP contribution is -2.22. The number of anilines is 1. The SMILES string of the molecule is Cc1cc(C#N)cc(C(N)=O)c1NC(=O)c1cc(Cn2nnnc2C)nn1-c1ncccc1Cl. The molecule has 0 saturated carbocycles. The molecule has 3 N–H and O–H groups in total. The third kappa shape index (κ3) is 4.32. The molecule has 0 aliphatic carbocycles. The van der Waals surface area contributed by atoms with Crippen molar-refractivity contribution in [3.8, 4) is 11.9 Å². The van der Waals surface area contributed by atoms with Crippen molar-refractivity contribution < 1.29 is 9.59 Å². The van der Waals surface area contributed by atoms with Crippen LogP contribution in [0.5, 0.6) is 0 Å². The first-order chi connectivity index (χ1) is 16.3. The lowest BCUT2D eigenvalue weighted by Gasteiger charge is -2.13. The number of carbonyl (C=O) groups excluding carboxylic acids is 2. The van der Waals surface area contributed by atoms with Crippen LogP contribution in [0.25, 0.3) is 5.82 Å². The Bertz CT molecular complexity index is 1470. The van der Waals surface area contributed by atoms with E-state index in [1.54, 1.807) is 38.1 Å². The molecule has 0 saturated heterocycles. The van der Waals surface area contributed by atoms with E-state index >= 15 is 0 Å². The summed E-state index contributed by atoms with van der Waals surface area (Å²) in [6, 6.07) is 9.65. The normalized spacial score (nSPS) is 10.6. The van der Waals surface area contributed by atoms with E-state index in [2.05, 4.69) is 30.9 Å². The van der Waals surface area contributed by atoms with Crippen molar-refractivity contribution in [1.82, 2.24) is 35.0 Å². The van der Waals surface area contributed by atoms with Crippen LogP contribution in [-0.4, -0.2) is 46.8 Å². The second-order valence-corrected chi connectivity index (χ2v) is 7.68. The van der Waals surface area contributed by atoms with Gasteiger partial charge in [-0.2, -0.15) is 10.4 Å². The Morgan fingerprint density at radius 1 is 1.26 bits per heavy atom. The van der Waals surface area contributed by atoms with Gasteiger partial charge in [0.15, 0.2) is 5.82 Å². The van der Waals surface area contributed by atoms with Gasteiger partial charge in [0.1, 0.15) is 11.5 Å². The maximum absolute atomic E-state index is 13.4. The van der Waals surface area contributed by atoms with Crippen LogP contribution in [0.1, 0.15) is 43.5 Å². The standard InChI is InChI=1S/C21H17ClN10O2/c1-11-6-13(9-23)7-15(19(24)33)18(11)26-21(34)17-8-14(10-31-12(2)27-29-30-31)28-32(17)20-16(22)4-3-5-25-20/h3-8H,10H2,1-2H3,(H2,24,33)(H,26,34). The van der Waals surface area contributed by atoms with Gasteiger partial charge in [0.25, 0.3) is 11.8 Å². The Balaban J connectivity index is 1.78. The number of aromatic nitrogens is 7. The van der Waals surface area contributed by atoms with Crippen LogP contribution in [0.4, 0.5) is 5.69 Å². The largest absolute Gasteiger partial charge is 0.366 e. The third-order valence-corrected chi connectivity index (χ3v) is 5.22. The van der Waals surface area contributed by atoms with Crippen LogP contribution in [0.15, 0.2) is 36.5 Å². The van der Waals surface area contributed by atoms with Crippen LogP contribution >= 0.6 is 11.6 Å². The van der Waals surface area contributed by atoms with Gasteiger partial charge in [-0.15, -0.1) is 5.10 Å². The fourth-order valence-electron chi connectivity index (χ4n) is 3.30. The smallest absolute Gasteiger partial charge is 0.274 e. The van der Waals surface area contributed by atoms with E-state index in [0.29, 0.717) is 17.1 Å². The number of nitrogens with one attached hydrogen (secondary N) is 1. The van der Waals surface area contributed by atoms with Gasteiger partial charge < -0.3 is 11.1 Å². The molecule has 12 nitrogen and oxygen atoms in total. The van der Waals surface area contributed by atoms with Gasteiger partial charge >= 0.3 is 0 Å². The van der Waals surface area contributed by atoms with Crippen LogP contribution in [0.3, 0.4) is 0 Å². The molecule has 0 spiro atoms. The fourth-order valence-corrected chi connectivity index (χ4v) is 3.50. The van der Waals surface area contributed by atoms with E-state index < -0.39 is 11.8 Å². The number of nitriles is 1. The van der Waals surface area contributed by atoms with E-state index in [0.717, 1.165) is 0 Å². The van der Waals surface area contributed by atoms with Crippen molar-refractivity contribution in [2.24, 2.45) is 5.73 Å². The summed E-state index contributed by atoms with van der Waals surface area (Å²) in [5.41, 5.74) is 6.99. The van der Waals surface area contributed by atoms with Gasteiger partial charge in [-0.1, -0.05) is 11.6 Å². The Hall–Kier alpha value is -4.63. The highest BCUT2D eigenvalue weighted by atomic mass is 35.5. The Morgan fingerprint density at radius 3 is 2.71 bits per heavy atom. The number of hydrogen-bond donors (Lipinski definition) is 2. The maximum atomic E-state index is 13.4. The molecule has 4 rings (SSSR count). The maximum Gasteiger partial charge on any atom is 0.274 e. The average molecular weight is 477 g/mol. The highest BCUT2D eigenvalue weighted by molar-refractivity contribution is 6.32. The molecule has 0 radical (unpaired) electrons. The summed E-state index contributed by atoms with van der Waals surface area (Å²) in [6.07, 6.45) is 1.52. The van der Waals surface area contributed by atoms with E-state index in [4.69, 9.17) is 17.3 Å². The first-order valence-corrected chi connectivity index (χ1v) is 10.2. The minimum Gasteiger partial charge on any atom is -0.366 e. The van der Waals surface area contributed by atoms with Gasteiger partial charge in [-0.25, -0.2) is 14.3 Å². The molecular weight excluding hydrogens is 460 g/mol. The molecule has 3 heterocycles. The van der Waals surface area contributed by atoms with Crippen LogP contribution < -0.4 is 11.1 Å². The number of rotatable bonds is 6. The molecule has 0 unspecified atom stereocenters. The summed E-state index contributed by atoms with van der Waals surface area (Å²) in [5, 5.41) is 28.0. The molecule has 1 aromatic carbocycles. The van der Waals surface area contributed by atoms with Crippen LogP contribution in [0, 0.1) is 25.2 Å². The van der Waals surface area contributed by atoms with Crippen molar-refractivity contribution >= 4 is 29.1 Å². The molecule has 0 aliphatic rings. The number of pyridine rings is 1. The number of primary amides is 1. The zero-order chi connectivity index (χ0) is 24.4. The highest BCUT2D eigenvalue weighted by Gasteiger charge is 2.23. The highest BCUT2D eigenvalue weighted by Crippen LogP contribution is 2.25. The first-order valence-electron chi connectivity index (χ1n) is 9.87. The summed E-state index contributed by atoms with van der Waals surface area (Å²) in [4.78, 5) is 29.6. The Kier molecular flexibility index (Phi) is 6.03. The van der Waals surface area contributed by atoms with Crippen molar-refractivity contribution in [2.45, 2.75) is 20.4 Å². The van der Waals surface area contributed by atoms with Gasteiger partial charge in [-0.3, -0.25) is 9.59 Å². The summed E-state index contributed by atoms with van der Waals surface area (Å²) in [5.74, 6) is -0.577. The van der Waals surface area contributed by atoms with E-state index in [9.17, 15) is 14.9 Å². The van der Waals surface area contributed by atoms with Gasteiger partial charge in [0.2, 0.25) is 0 Å². The molecule has 0 aliphatic heterocycles. The van der Waals surface area contributed by atoms with Crippen molar-refractivity contribution in [2.75, 3.05) is 5.32 Å².